The molecule has 1 saturated heterocycles. The van der Waals surface area contributed by atoms with Gasteiger partial charge < -0.3 is 15.8 Å². The summed E-state index contributed by atoms with van der Waals surface area (Å²) in [6, 6.07) is 0.00284. The molecule has 0 aromatic carbocycles. The number of aliphatic imine (C=N–C) groups is 1. The van der Waals surface area contributed by atoms with Gasteiger partial charge in [0.05, 0.1) is 18.5 Å². The zero-order valence-corrected chi connectivity index (χ0v) is 9.56. The van der Waals surface area contributed by atoms with Crippen molar-refractivity contribution in [1.82, 2.24) is 5.32 Å². The second-order valence-electron chi connectivity index (χ2n) is 4.54. The molecule has 2 rings (SSSR count). The van der Waals surface area contributed by atoms with Crippen molar-refractivity contribution in [2.24, 2.45) is 16.6 Å². The second kappa shape index (κ2) is 4.15. The van der Waals surface area contributed by atoms with Gasteiger partial charge in [0.1, 0.15) is 6.10 Å². The van der Waals surface area contributed by atoms with E-state index in [4.69, 9.17) is 10.5 Å². The normalized spacial score (nSPS) is 33.0. The number of nitrogens with zero attached hydrogens (tertiary/aromatic N) is 1. The van der Waals surface area contributed by atoms with Gasteiger partial charge in [-0.05, 0) is 19.9 Å². The summed E-state index contributed by atoms with van der Waals surface area (Å²) in [6.07, 6.45) is 2.60. The summed E-state index contributed by atoms with van der Waals surface area (Å²) >= 11 is 0. The fourth-order valence-electron chi connectivity index (χ4n) is 2.14. The molecule has 2 aliphatic heterocycles. The summed E-state index contributed by atoms with van der Waals surface area (Å²) in [4.78, 5) is 15.7. The van der Waals surface area contributed by atoms with Gasteiger partial charge in [0, 0.05) is 6.42 Å². The third-order valence-corrected chi connectivity index (χ3v) is 2.85. The van der Waals surface area contributed by atoms with Crippen LogP contribution in [0.3, 0.4) is 0 Å². The number of allylic oxidation sites excluding steroid dienone is 1. The minimum Gasteiger partial charge on any atom is -0.458 e. The Morgan fingerprint density at radius 1 is 1.62 bits per heavy atom. The predicted molar refractivity (Wildman–Crippen MR) is 60.8 cm³/mol. The lowest BCUT2D eigenvalue weighted by Gasteiger charge is -2.14. The van der Waals surface area contributed by atoms with Gasteiger partial charge in [-0.15, -0.1) is 0 Å². The number of cyclic esters (lactones) is 1. The Morgan fingerprint density at radius 2 is 2.38 bits per heavy atom. The number of hydrogen-bond acceptors (Lipinski definition) is 5. The fourth-order valence-corrected chi connectivity index (χ4v) is 2.14. The maximum atomic E-state index is 11.7. The lowest BCUT2D eigenvalue weighted by Crippen LogP contribution is -2.41. The topological polar surface area (TPSA) is 76.7 Å². The number of guanidine groups is 1. The zero-order chi connectivity index (χ0) is 11.7. The summed E-state index contributed by atoms with van der Waals surface area (Å²) in [5.41, 5.74) is 6.69. The summed E-state index contributed by atoms with van der Waals surface area (Å²) in [6.45, 7) is 4.55. The number of esters is 1. The van der Waals surface area contributed by atoms with Crippen LogP contribution in [0.15, 0.2) is 16.6 Å². The first-order valence-corrected chi connectivity index (χ1v) is 5.48. The van der Waals surface area contributed by atoms with Crippen molar-refractivity contribution >= 4 is 11.9 Å². The predicted octanol–water partition coefficient (Wildman–Crippen LogP) is 0.171. The largest absolute Gasteiger partial charge is 0.458 e. The van der Waals surface area contributed by atoms with E-state index in [2.05, 4.69) is 10.3 Å². The molecule has 2 aliphatic rings. The standard InChI is InChI=1S/C11H17N3O2/c1-6(2)3-7-4-8(10(15)16-7)9-5-13-11(12)14-9/h3,7-9H,4-5H2,1-2H3,(H3,12,13,14). The van der Waals surface area contributed by atoms with Crippen molar-refractivity contribution in [2.45, 2.75) is 32.4 Å². The number of carbonyl (C=O) groups is 1. The number of ether oxygens (including phenoxy) is 1. The third-order valence-electron chi connectivity index (χ3n) is 2.85. The highest BCUT2D eigenvalue weighted by molar-refractivity contribution is 5.82. The average molecular weight is 223 g/mol. The highest BCUT2D eigenvalue weighted by Crippen LogP contribution is 2.26. The molecule has 0 saturated carbocycles. The van der Waals surface area contributed by atoms with Crippen LogP contribution in [-0.2, 0) is 9.53 Å². The van der Waals surface area contributed by atoms with E-state index in [9.17, 15) is 4.79 Å². The lowest BCUT2D eigenvalue weighted by atomic mass is 9.96. The first kappa shape index (κ1) is 11.0. The van der Waals surface area contributed by atoms with Crippen LogP contribution in [0, 0.1) is 5.92 Å². The number of nitrogens with two attached hydrogens (primary N) is 1. The van der Waals surface area contributed by atoms with Gasteiger partial charge in [0.15, 0.2) is 5.96 Å². The molecule has 5 nitrogen and oxygen atoms in total. The summed E-state index contributed by atoms with van der Waals surface area (Å²) < 4.78 is 5.29. The van der Waals surface area contributed by atoms with Crippen molar-refractivity contribution < 1.29 is 9.53 Å². The Balaban J connectivity index is 1.98. The van der Waals surface area contributed by atoms with E-state index in [1.807, 2.05) is 19.9 Å². The third kappa shape index (κ3) is 2.18. The Bertz CT molecular complexity index is 358. The quantitative estimate of drug-likeness (QED) is 0.517. The van der Waals surface area contributed by atoms with E-state index >= 15 is 0 Å². The molecule has 88 valence electrons. The maximum absolute atomic E-state index is 11.7. The van der Waals surface area contributed by atoms with Gasteiger partial charge in [-0.1, -0.05) is 5.57 Å². The fraction of sp³-hybridized carbons (Fsp3) is 0.636. The van der Waals surface area contributed by atoms with Crippen LogP contribution < -0.4 is 11.1 Å². The second-order valence-corrected chi connectivity index (χ2v) is 4.54. The average Bonchev–Trinajstić information content (AvgIpc) is 2.72. The molecule has 0 amide bonds. The summed E-state index contributed by atoms with van der Waals surface area (Å²) in [5, 5.41) is 3.01. The van der Waals surface area contributed by atoms with Crippen LogP contribution in [0.25, 0.3) is 0 Å². The minimum absolute atomic E-state index is 0.00284. The molecule has 1 fully saturated rings. The molecular formula is C11H17N3O2. The van der Waals surface area contributed by atoms with Crippen molar-refractivity contribution in [1.29, 1.82) is 0 Å². The van der Waals surface area contributed by atoms with Crippen molar-refractivity contribution in [3.63, 3.8) is 0 Å². The highest BCUT2D eigenvalue weighted by atomic mass is 16.5. The Labute approximate surface area is 94.7 Å². The van der Waals surface area contributed by atoms with Gasteiger partial charge in [0.25, 0.3) is 0 Å². The summed E-state index contributed by atoms with van der Waals surface area (Å²) in [7, 11) is 0. The van der Waals surface area contributed by atoms with Crippen LogP contribution in [0.1, 0.15) is 20.3 Å². The molecule has 2 heterocycles. The van der Waals surface area contributed by atoms with Gasteiger partial charge in [-0.3, -0.25) is 9.79 Å². The van der Waals surface area contributed by atoms with Crippen LogP contribution in [-0.4, -0.2) is 30.6 Å². The van der Waals surface area contributed by atoms with Crippen LogP contribution >= 0.6 is 0 Å². The van der Waals surface area contributed by atoms with E-state index in [1.165, 1.54) is 0 Å². The molecule has 5 heteroatoms. The van der Waals surface area contributed by atoms with Gasteiger partial charge in [-0.25, -0.2) is 0 Å². The molecule has 0 radical (unpaired) electrons. The van der Waals surface area contributed by atoms with Crippen LogP contribution in [0.2, 0.25) is 0 Å². The molecule has 0 spiro atoms. The van der Waals surface area contributed by atoms with E-state index in [1.54, 1.807) is 0 Å². The van der Waals surface area contributed by atoms with Crippen LogP contribution in [0.4, 0.5) is 0 Å². The van der Waals surface area contributed by atoms with Crippen molar-refractivity contribution in [2.75, 3.05) is 6.54 Å². The molecule has 3 N–H and O–H groups in total. The van der Waals surface area contributed by atoms with Crippen molar-refractivity contribution in [3.8, 4) is 0 Å². The molecular weight excluding hydrogens is 206 g/mol. The smallest absolute Gasteiger partial charge is 0.311 e. The molecule has 3 unspecified atom stereocenters. The van der Waals surface area contributed by atoms with Gasteiger partial charge >= 0.3 is 5.97 Å². The van der Waals surface area contributed by atoms with Gasteiger partial charge in [-0.2, -0.15) is 0 Å². The molecule has 0 aliphatic carbocycles. The molecule has 0 aromatic rings. The first-order valence-electron chi connectivity index (χ1n) is 5.48. The number of carbonyl (C=O) groups excluding carboxylic acids is 1. The highest BCUT2D eigenvalue weighted by Gasteiger charge is 2.40. The van der Waals surface area contributed by atoms with Crippen LogP contribution in [0.5, 0.6) is 0 Å². The Kier molecular flexibility index (Phi) is 2.85. The molecule has 16 heavy (non-hydrogen) atoms. The SMILES string of the molecule is CC(C)=CC1CC(C2CN=C(N)N2)C(=O)O1. The van der Waals surface area contributed by atoms with E-state index < -0.39 is 0 Å². The lowest BCUT2D eigenvalue weighted by molar-refractivity contribution is -0.143. The minimum atomic E-state index is -0.148. The molecule has 0 bridgehead atoms. The van der Waals surface area contributed by atoms with Crippen molar-refractivity contribution in [3.05, 3.63) is 11.6 Å². The maximum Gasteiger partial charge on any atom is 0.311 e. The number of rotatable bonds is 2. The number of hydrogen-bond donors (Lipinski definition) is 2. The molecule has 0 aromatic heterocycles. The zero-order valence-electron chi connectivity index (χ0n) is 9.56. The summed E-state index contributed by atoms with van der Waals surface area (Å²) in [5.74, 6) is 0.138. The first-order chi connectivity index (χ1) is 7.56. The Morgan fingerprint density at radius 3 is 2.94 bits per heavy atom. The van der Waals surface area contributed by atoms with E-state index in [0.29, 0.717) is 18.9 Å². The Hall–Kier alpha value is -1.52. The number of nitrogens with one attached hydrogen (secondary N) is 1. The molecule has 3 atom stereocenters. The monoisotopic (exact) mass is 223 g/mol. The van der Waals surface area contributed by atoms with E-state index in [0.717, 1.165) is 5.57 Å². The van der Waals surface area contributed by atoms with E-state index in [-0.39, 0.29) is 24.0 Å². The van der Waals surface area contributed by atoms with Gasteiger partial charge in [0.2, 0.25) is 0 Å².